The lowest BCUT2D eigenvalue weighted by Gasteiger charge is -2.26. The topological polar surface area (TPSA) is 74.1 Å². The fourth-order valence-electron chi connectivity index (χ4n) is 10.1. The second-order valence-electron chi connectivity index (χ2n) is 18.2. The van der Waals surface area contributed by atoms with Crippen molar-refractivity contribution in [2.75, 3.05) is 9.80 Å². The summed E-state index contributed by atoms with van der Waals surface area (Å²) in [4.78, 5) is 25.8. The lowest BCUT2D eigenvalue weighted by atomic mass is 9.96. The maximum absolute atomic E-state index is 11.0. The maximum atomic E-state index is 11.0. The highest BCUT2D eigenvalue weighted by molar-refractivity contribution is 6.12. The van der Waals surface area contributed by atoms with Crippen molar-refractivity contribution < 1.29 is 0 Å². The molecule has 0 aliphatic carbocycles. The summed E-state index contributed by atoms with van der Waals surface area (Å²) in [6.07, 6.45) is 0. The van der Waals surface area contributed by atoms with E-state index >= 15 is 0 Å². The Kier molecular flexibility index (Phi) is 12.3. The van der Waals surface area contributed by atoms with Crippen molar-refractivity contribution in [2.45, 2.75) is 0 Å². The molecule has 0 N–H and O–H groups in total. The molecule has 0 amide bonds. The first-order chi connectivity index (χ1) is 38.0. The second-order valence-corrected chi connectivity index (χ2v) is 18.2. The molecule has 0 unspecified atom stereocenters. The van der Waals surface area contributed by atoms with Gasteiger partial charge in [-0.1, -0.05) is 133 Å². The van der Waals surface area contributed by atoms with Gasteiger partial charge >= 0.3 is 0 Å². The van der Waals surface area contributed by atoms with Crippen LogP contribution in [0.5, 0.6) is 0 Å². The molecule has 0 aliphatic heterocycles. The van der Waals surface area contributed by atoms with Crippen molar-refractivity contribution in [2.24, 2.45) is 0 Å². The number of nitriles is 1. The SMILES string of the molecule is [C-]#[N+]c1cccc(-c2cc(-c3ccc(-c4cc([N+]#[C-])c(-n5c6ccc(N(c7ccccc7)c7ccccc7)cc6c6cc(N(c7ccccc7)c7ccccc7)ccc65)cc4C#N)cc3)nc(-c3cccc([N+]#[C-])c3)n2)c1. The predicted octanol–water partition coefficient (Wildman–Crippen LogP) is 18.7. The third kappa shape index (κ3) is 8.92. The van der Waals surface area contributed by atoms with Crippen LogP contribution in [0, 0.1) is 31.0 Å². The Hall–Kier alpha value is -11.4. The zero-order valence-corrected chi connectivity index (χ0v) is 41.2. The molecule has 0 aliphatic rings. The van der Waals surface area contributed by atoms with Crippen molar-refractivity contribution in [1.82, 2.24) is 14.5 Å². The van der Waals surface area contributed by atoms with Crippen LogP contribution >= 0.6 is 0 Å². The molecule has 2 aromatic heterocycles. The average molecular weight is 984 g/mol. The van der Waals surface area contributed by atoms with Gasteiger partial charge in [-0.15, -0.1) is 0 Å². The Bertz CT molecular complexity index is 4080. The molecule has 9 nitrogen and oxygen atoms in total. The molecular formula is C68H41N9. The molecule has 12 rings (SSSR count). The molecule has 10 aromatic carbocycles. The monoisotopic (exact) mass is 983 g/mol. The van der Waals surface area contributed by atoms with Gasteiger partial charge in [-0.25, -0.2) is 24.5 Å². The normalized spacial score (nSPS) is 10.8. The van der Waals surface area contributed by atoms with E-state index in [2.05, 4.69) is 120 Å². The number of hydrogen-bond acceptors (Lipinski definition) is 5. The van der Waals surface area contributed by atoms with Crippen LogP contribution in [0.25, 0.3) is 87.1 Å². The van der Waals surface area contributed by atoms with Gasteiger partial charge in [0.1, 0.15) is 0 Å². The molecule has 0 fully saturated rings. The molecule has 358 valence electrons. The molecule has 77 heavy (non-hydrogen) atoms. The lowest BCUT2D eigenvalue weighted by molar-refractivity contribution is 1.18. The molecule has 0 atom stereocenters. The summed E-state index contributed by atoms with van der Waals surface area (Å²) in [5, 5.41) is 12.9. The van der Waals surface area contributed by atoms with Crippen LogP contribution in [-0.4, -0.2) is 14.5 Å². The number of aromatic nitrogens is 3. The minimum atomic E-state index is 0.383. The summed E-state index contributed by atoms with van der Waals surface area (Å²) >= 11 is 0. The van der Waals surface area contributed by atoms with Crippen molar-refractivity contribution >= 4 is 73.0 Å². The summed E-state index contributed by atoms with van der Waals surface area (Å²) in [5.74, 6) is 0.441. The van der Waals surface area contributed by atoms with Crippen LogP contribution in [0.15, 0.2) is 249 Å². The number of para-hydroxylation sites is 4. The van der Waals surface area contributed by atoms with Crippen LogP contribution in [0.3, 0.4) is 0 Å². The first-order valence-electron chi connectivity index (χ1n) is 24.8. The standard InChI is InChI=1S/C68H41N9/c1-70-51-20-16-18-48(38-51)63-44-62(73-68(74-63)49-19-17-21-52(39-49)71-2)47-32-30-46(31-33-47)59-43-64(72-3)67(40-50(59)45-69)77-65-36-34-57(75(53-22-8-4-9-23-53)54-24-10-5-11-25-54)41-60(65)61-42-58(35-37-66(61)77)76(55-26-12-6-13-27-55)56-28-14-7-15-29-56/h4-44H. The first-order valence-corrected chi connectivity index (χ1v) is 24.8. The number of benzene rings is 10. The molecule has 2 heterocycles. The third-order valence-corrected chi connectivity index (χ3v) is 13.6. The Balaban J connectivity index is 1.00. The van der Waals surface area contributed by atoms with E-state index in [1.165, 1.54) is 0 Å². The third-order valence-electron chi connectivity index (χ3n) is 13.6. The Morgan fingerprint density at radius 2 is 0.844 bits per heavy atom. The molecule has 0 radical (unpaired) electrons. The second kappa shape index (κ2) is 20.3. The van der Waals surface area contributed by atoms with Crippen LogP contribution in [-0.2, 0) is 0 Å². The molecule has 12 aromatic rings. The van der Waals surface area contributed by atoms with Gasteiger partial charge in [0, 0.05) is 56.0 Å². The van der Waals surface area contributed by atoms with Crippen molar-refractivity contribution in [3.8, 4) is 56.8 Å². The number of nitrogens with zero attached hydrogens (tertiary/aromatic N) is 9. The van der Waals surface area contributed by atoms with Gasteiger partial charge in [0.25, 0.3) is 0 Å². The van der Waals surface area contributed by atoms with Gasteiger partial charge in [0.15, 0.2) is 17.2 Å². The van der Waals surface area contributed by atoms with E-state index in [4.69, 9.17) is 29.7 Å². The molecule has 0 spiro atoms. The van der Waals surface area contributed by atoms with Gasteiger partial charge < -0.3 is 14.4 Å². The fraction of sp³-hybridized carbons (Fsp3) is 0. The Morgan fingerprint density at radius 1 is 0.390 bits per heavy atom. The van der Waals surface area contributed by atoms with Crippen LogP contribution in [0.2, 0.25) is 0 Å². The van der Waals surface area contributed by atoms with Crippen molar-refractivity contribution in [3.05, 3.63) is 289 Å². The van der Waals surface area contributed by atoms with E-state index < -0.39 is 0 Å². The van der Waals surface area contributed by atoms with E-state index in [-0.39, 0.29) is 0 Å². The zero-order chi connectivity index (χ0) is 52.2. The fourth-order valence-corrected chi connectivity index (χ4v) is 10.1. The minimum absolute atomic E-state index is 0.383. The minimum Gasteiger partial charge on any atom is -0.319 e. The zero-order valence-electron chi connectivity index (χ0n) is 41.2. The van der Waals surface area contributed by atoms with Crippen LogP contribution < -0.4 is 9.80 Å². The van der Waals surface area contributed by atoms with E-state index in [0.717, 1.165) is 72.6 Å². The number of anilines is 6. The van der Waals surface area contributed by atoms with E-state index in [1.54, 1.807) is 24.3 Å². The predicted molar refractivity (Wildman–Crippen MR) is 311 cm³/mol. The van der Waals surface area contributed by atoms with E-state index in [9.17, 15) is 5.26 Å². The van der Waals surface area contributed by atoms with Crippen LogP contribution in [0.1, 0.15) is 5.56 Å². The molecule has 0 saturated carbocycles. The molecule has 0 bridgehead atoms. The van der Waals surface area contributed by atoms with Crippen LogP contribution in [0.4, 0.5) is 51.2 Å². The van der Waals surface area contributed by atoms with E-state index in [1.807, 2.05) is 140 Å². The van der Waals surface area contributed by atoms with Crippen molar-refractivity contribution in [1.29, 1.82) is 5.26 Å². The van der Waals surface area contributed by atoms with Gasteiger partial charge in [-0.2, -0.15) is 5.26 Å². The highest BCUT2D eigenvalue weighted by Crippen LogP contribution is 2.45. The first kappa shape index (κ1) is 46.7. The number of hydrogen-bond donors (Lipinski definition) is 0. The summed E-state index contributed by atoms with van der Waals surface area (Å²) in [6, 6.07) is 84.6. The summed E-state index contributed by atoms with van der Waals surface area (Å²) in [5.41, 5.74) is 15.0. The Morgan fingerprint density at radius 3 is 1.31 bits per heavy atom. The molecular weight excluding hydrogens is 943 g/mol. The molecule has 9 heteroatoms. The molecule has 0 saturated heterocycles. The van der Waals surface area contributed by atoms with Gasteiger partial charge in [0.2, 0.25) is 5.69 Å². The number of rotatable bonds is 11. The highest BCUT2D eigenvalue weighted by atomic mass is 15.2. The number of fused-ring (bicyclic) bond motifs is 3. The van der Waals surface area contributed by atoms with Gasteiger partial charge in [-0.3, -0.25) is 0 Å². The smallest absolute Gasteiger partial charge is 0.211 e. The van der Waals surface area contributed by atoms with Gasteiger partial charge in [0.05, 0.1) is 59.5 Å². The lowest BCUT2D eigenvalue weighted by Crippen LogP contribution is -2.09. The quantitative estimate of drug-likeness (QED) is 0.121. The van der Waals surface area contributed by atoms with Gasteiger partial charge in [-0.05, 0) is 132 Å². The van der Waals surface area contributed by atoms with Crippen molar-refractivity contribution in [3.63, 3.8) is 0 Å². The summed E-state index contributed by atoms with van der Waals surface area (Å²) < 4.78 is 2.12. The van der Waals surface area contributed by atoms with E-state index in [0.29, 0.717) is 56.7 Å². The summed E-state index contributed by atoms with van der Waals surface area (Å²) in [7, 11) is 0. The average Bonchev–Trinajstić information content (AvgIpc) is 3.85. The largest absolute Gasteiger partial charge is 0.319 e. The highest BCUT2D eigenvalue weighted by Gasteiger charge is 2.23. The Labute approximate surface area is 445 Å². The summed E-state index contributed by atoms with van der Waals surface area (Å²) in [6.45, 7) is 23.9. The maximum Gasteiger partial charge on any atom is 0.211 e.